The van der Waals surface area contributed by atoms with E-state index in [1.165, 1.54) is 57.8 Å². The Kier molecular flexibility index (Phi) is 5.20. The van der Waals surface area contributed by atoms with E-state index in [0.29, 0.717) is 29.5 Å². The third-order valence-electron chi connectivity index (χ3n) is 10.6. The van der Waals surface area contributed by atoms with Crippen LogP contribution in [-0.4, -0.2) is 31.7 Å². The lowest BCUT2D eigenvalue weighted by Crippen LogP contribution is -2.55. The Morgan fingerprint density at radius 1 is 0.897 bits per heavy atom. The lowest BCUT2D eigenvalue weighted by molar-refractivity contribution is -0.219. The molecule has 0 N–H and O–H groups in total. The van der Waals surface area contributed by atoms with Gasteiger partial charge in [0.25, 0.3) is 0 Å². The van der Waals surface area contributed by atoms with E-state index in [0.717, 1.165) is 36.9 Å². The van der Waals surface area contributed by atoms with Gasteiger partial charge in [-0.25, -0.2) is 0 Å². The smallest absolute Gasteiger partial charge is 0.169 e. The van der Waals surface area contributed by atoms with Crippen molar-refractivity contribution in [3.05, 3.63) is 12.7 Å². The lowest BCUT2D eigenvalue weighted by atomic mass is 9.44. The highest BCUT2D eigenvalue weighted by molar-refractivity contribution is 5.11. The monoisotopic (exact) mass is 402 g/mol. The van der Waals surface area contributed by atoms with E-state index in [1.807, 2.05) is 6.08 Å². The predicted molar refractivity (Wildman–Crippen MR) is 115 cm³/mol. The fraction of sp³-hybridized carbons (Fsp3) is 0.923. The molecule has 8 unspecified atom stereocenters. The summed E-state index contributed by atoms with van der Waals surface area (Å²) in [6.07, 6.45) is 14.5. The summed E-state index contributed by atoms with van der Waals surface area (Å²) in [5.41, 5.74) is 0.925. The van der Waals surface area contributed by atoms with Crippen LogP contribution in [0, 0.1) is 40.4 Å². The van der Waals surface area contributed by atoms with Crippen molar-refractivity contribution in [2.75, 3.05) is 19.8 Å². The third kappa shape index (κ3) is 3.09. The first-order valence-electron chi connectivity index (χ1n) is 12.4. The highest BCUT2D eigenvalue weighted by atomic mass is 16.7. The second-order valence-corrected chi connectivity index (χ2v) is 11.6. The summed E-state index contributed by atoms with van der Waals surface area (Å²) >= 11 is 0. The minimum Gasteiger partial charge on any atom is -0.374 e. The van der Waals surface area contributed by atoms with Crippen molar-refractivity contribution in [1.82, 2.24) is 0 Å². The minimum atomic E-state index is -0.335. The molecule has 1 saturated heterocycles. The Balaban J connectivity index is 1.34. The summed E-state index contributed by atoms with van der Waals surface area (Å²) in [6, 6.07) is 0. The van der Waals surface area contributed by atoms with Gasteiger partial charge < -0.3 is 14.2 Å². The van der Waals surface area contributed by atoms with Gasteiger partial charge in [-0.05, 0) is 99.2 Å². The first-order chi connectivity index (χ1) is 13.9. The molecule has 0 amide bonds. The molecule has 5 fully saturated rings. The maximum atomic E-state index is 6.18. The van der Waals surface area contributed by atoms with Gasteiger partial charge >= 0.3 is 0 Å². The molecule has 0 bridgehead atoms. The van der Waals surface area contributed by atoms with Crippen molar-refractivity contribution in [1.29, 1.82) is 0 Å². The van der Waals surface area contributed by atoms with Crippen LogP contribution in [0.2, 0.25) is 0 Å². The Bertz CT molecular complexity index is 625. The van der Waals surface area contributed by atoms with Crippen LogP contribution in [0.1, 0.15) is 78.6 Å². The maximum absolute atomic E-state index is 6.18. The predicted octanol–water partition coefficient (Wildman–Crippen LogP) is 5.98. The average molecular weight is 403 g/mol. The van der Waals surface area contributed by atoms with Gasteiger partial charge in [0.15, 0.2) is 5.79 Å². The summed E-state index contributed by atoms with van der Waals surface area (Å²) in [5, 5.41) is 0. The Morgan fingerprint density at radius 2 is 1.62 bits per heavy atom. The summed E-state index contributed by atoms with van der Waals surface area (Å²) in [6.45, 7) is 13.6. The molecule has 0 aromatic heterocycles. The molecule has 1 heterocycles. The molecular formula is C26H42O3. The van der Waals surface area contributed by atoms with Gasteiger partial charge in [0, 0.05) is 5.92 Å². The second-order valence-electron chi connectivity index (χ2n) is 11.6. The zero-order chi connectivity index (χ0) is 20.3. The van der Waals surface area contributed by atoms with Crippen molar-refractivity contribution in [3.8, 4) is 0 Å². The van der Waals surface area contributed by atoms with Crippen molar-refractivity contribution >= 4 is 0 Å². The molecule has 29 heavy (non-hydrogen) atoms. The second kappa shape index (κ2) is 7.35. The van der Waals surface area contributed by atoms with Gasteiger partial charge in [0.1, 0.15) is 0 Å². The number of hydrogen-bond donors (Lipinski definition) is 0. The number of ether oxygens (including phenoxy) is 3. The molecule has 164 valence electrons. The van der Waals surface area contributed by atoms with E-state index < -0.39 is 0 Å². The maximum Gasteiger partial charge on any atom is 0.169 e. The molecule has 0 aromatic rings. The first-order valence-corrected chi connectivity index (χ1v) is 12.4. The number of hydrogen-bond acceptors (Lipinski definition) is 3. The van der Waals surface area contributed by atoms with Crippen LogP contribution in [0.3, 0.4) is 0 Å². The topological polar surface area (TPSA) is 27.7 Å². The summed E-state index contributed by atoms with van der Waals surface area (Å²) in [7, 11) is 0. The minimum absolute atomic E-state index is 0.335. The molecule has 0 spiro atoms. The highest BCUT2D eigenvalue weighted by Crippen LogP contribution is 2.69. The Hall–Kier alpha value is -0.380. The third-order valence-corrected chi connectivity index (χ3v) is 10.6. The van der Waals surface area contributed by atoms with Crippen molar-refractivity contribution in [2.45, 2.75) is 90.4 Å². The molecule has 3 nitrogen and oxygen atoms in total. The zero-order valence-electron chi connectivity index (χ0n) is 19.0. The van der Waals surface area contributed by atoms with E-state index in [2.05, 4.69) is 27.4 Å². The van der Waals surface area contributed by atoms with Crippen LogP contribution in [0.4, 0.5) is 0 Å². The molecule has 5 rings (SSSR count). The van der Waals surface area contributed by atoms with Crippen LogP contribution in [-0.2, 0) is 14.2 Å². The standard InChI is InChI=1S/C26H42O3/c1-5-14-27-19-10-12-24(2)18(17-19)6-7-20-21-8-9-23(26(4)28-15-16-29-26)25(21,3)13-11-22(20)24/h5,18-23H,1,6-17H2,2-4H3. The van der Waals surface area contributed by atoms with Crippen molar-refractivity contribution in [3.63, 3.8) is 0 Å². The van der Waals surface area contributed by atoms with Crippen molar-refractivity contribution < 1.29 is 14.2 Å². The van der Waals surface area contributed by atoms with E-state index in [-0.39, 0.29) is 5.79 Å². The van der Waals surface area contributed by atoms with Gasteiger partial charge in [-0.2, -0.15) is 0 Å². The average Bonchev–Trinajstić information content (AvgIpc) is 3.30. The van der Waals surface area contributed by atoms with E-state index >= 15 is 0 Å². The van der Waals surface area contributed by atoms with Crippen LogP contribution >= 0.6 is 0 Å². The van der Waals surface area contributed by atoms with E-state index in [4.69, 9.17) is 14.2 Å². The molecule has 5 aliphatic rings. The van der Waals surface area contributed by atoms with Crippen LogP contribution < -0.4 is 0 Å². The SMILES string of the molecule is C=CCOC1CCC2(C)C(CCC3C2CCC2(C)C3CCC2C2(C)OCCO2)C1. The van der Waals surface area contributed by atoms with Crippen LogP contribution in [0.5, 0.6) is 0 Å². The number of fused-ring (bicyclic) bond motifs is 5. The highest BCUT2D eigenvalue weighted by Gasteiger charge is 2.63. The normalized spacial score (nSPS) is 51.1. The fourth-order valence-corrected chi connectivity index (χ4v) is 9.17. The van der Waals surface area contributed by atoms with Gasteiger partial charge in [-0.3, -0.25) is 0 Å². The molecule has 4 saturated carbocycles. The largest absolute Gasteiger partial charge is 0.374 e. The van der Waals surface area contributed by atoms with Gasteiger partial charge in [-0.15, -0.1) is 6.58 Å². The first kappa shape index (κ1) is 20.5. The van der Waals surface area contributed by atoms with Gasteiger partial charge in [0.05, 0.1) is 25.9 Å². The Morgan fingerprint density at radius 3 is 2.38 bits per heavy atom. The van der Waals surface area contributed by atoms with Gasteiger partial charge in [-0.1, -0.05) is 19.9 Å². The molecule has 0 aromatic carbocycles. The summed E-state index contributed by atoms with van der Waals surface area (Å²) < 4.78 is 18.4. The lowest BCUT2D eigenvalue weighted by Gasteiger charge is -2.61. The van der Waals surface area contributed by atoms with E-state index in [1.54, 1.807) is 0 Å². The van der Waals surface area contributed by atoms with Gasteiger partial charge in [0.2, 0.25) is 0 Å². The van der Waals surface area contributed by atoms with Crippen LogP contribution in [0.25, 0.3) is 0 Å². The molecule has 0 radical (unpaired) electrons. The summed E-state index contributed by atoms with van der Waals surface area (Å²) in [5.74, 6) is 3.78. The molecule has 1 aliphatic heterocycles. The summed E-state index contributed by atoms with van der Waals surface area (Å²) in [4.78, 5) is 0. The fourth-order valence-electron chi connectivity index (χ4n) is 9.17. The van der Waals surface area contributed by atoms with Crippen LogP contribution in [0.15, 0.2) is 12.7 Å². The quantitative estimate of drug-likeness (QED) is 0.541. The Labute approximate surface area is 177 Å². The van der Waals surface area contributed by atoms with Crippen molar-refractivity contribution in [2.24, 2.45) is 40.4 Å². The molecule has 8 atom stereocenters. The zero-order valence-corrected chi connectivity index (χ0v) is 19.0. The molecule has 3 heteroatoms. The molecule has 4 aliphatic carbocycles. The van der Waals surface area contributed by atoms with E-state index in [9.17, 15) is 0 Å². The molecular weight excluding hydrogens is 360 g/mol. The number of rotatable bonds is 4.